The molecule has 6 nitrogen and oxygen atoms in total. The molecular weight excluding hydrogens is 316 g/mol. The van der Waals surface area contributed by atoms with E-state index in [1.54, 1.807) is 6.20 Å². The SMILES string of the molecule is CCOC(=O)N[C@H](CNCc1ccnc(-c2ccccc2)n1)C1CC1. The fourth-order valence-electron chi connectivity index (χ4n) is 2.73. The number of hydrogen-bond donors (Lipinski definition) is 2. The zero-order valence-corrected chi connectivity index (χ0v) is 14.4. The van der Waals surface area contributed by atoms with E-state index >= 15 is 0 Å². The van der Waals surface area contributed by atoms with Crippen molar-refractivity contribution in [3.63, 3.8) is 0 Å². The highest BCUT2D eigenvalue weighted by Gasteiger charge is 2.32. The first-order valence-electron chi connectivity index (χ1n) is 8.77. The van der Waals surface area contributed by atoms with E-state index in [2.05, 4.69) is 20.6 Å². The lowest BCUT2D eigenvalue weighted by molar-refractivity contribution is 0.146. The lowest BCUT2D eigenvalue weighted by Crippen LogP contribution is -2.43. The Bertz CT molecular complexity index is 689. The van der Waals surface area contributed by atoms with Crippen LogP contribution in [0.1, 0.15) is 25.5 Å². The monoisotopic (exact) mass is 340 g/mol. The van der Waals surface area contributed by atoms with Crippen LogP contribution in [0.5, 0.6) is 0 Å². The van der Waals surface area contributed by atoms with Crippen LogP contribution in [0.2, 0.25) is 0 Å². The molecule has 1 aromatic carbocycles. The van der Waals surface area contributed by atoms with E-state index in [0.717, 1.165) is 29.9 Å². The summed E-state index contributed by atoms with van der Waals surface area (Å²) in [5.74, 6) is 1.27. The maximum atomic E-state index is 11.6. The number of hydrogen-bond acceptors (Lipinski definition) is 5. The van der Waals surface area contributed by atoms with E-state index in [4.69, 9.17) is 4.74 Å². The average molecular weight is 340 g/mol. The highest BCUT2D eigenvalue weighted by atomic mass is 16.5. The molecule has 1 aliphatic carbocycles. The van der Waals surface area contributed by atoms with E-state index in [1.807, 2.05) is 43.3 Å². The molecule has 1 atom stereocenters. The van der Waals surface area contributed by atoms with Gasteiger partial charge in [-0.25, -0.2) is 14.8 Å². The largest absolute Gasteiger partial charge is 0.450 e. The first kappa shape index (κ1) is 17.4. The van der Waals surface area contributed by atoms with Crippen molar-refractivity contribution in [3.8, 4) is 11.4 Å². The van der Waals surface area contributed by atoms with Gasteiger partial charge in [-0.05, 0) is 31.7 Å². The minimum atomic E-state index is -0.338. The lowest BCUT2D eigenvalue weighted by Gasteiger charge is -2.18. The normalized spacial score (nSPS) is 14.8. The molecule has 1 fully saturated rings. The number of aromatic nitrogens is 2. The van der Waals surface area contributed by atoms with Crippen molar-refractivity contribution >= 4 is 6.09 Å². The van der Waals surface area contributed by atoms with Gasteiger partial charge in [0.25, 0.3) is 0 Å². The van der Waals surface area contributed by atoms with Crippen LogP contribution in [0.25, 0.3) is 11.4 Å². The van der Waals surface area contributed by atoms with Crippen molar-refractivity contribution in [2.24, 2.45) is 5.92 Å². The van der Waals surface area contributed by atoms with Gasteiger partial charge in [0.1, 0.15) is 0 Å². The summed E-state index contributed by atoms with van der Waals surface area (Å²) in [6.45, 7) is 3.54. The highest BCUT2D eigenvalue weighted by Crippen LogP contribution is 2.32. The maximum absolute atomic E-state index is 11.6. The Morgan fingerprint density at radius 2 is 2.08 bits per heavy atom. The molecule has 1 amide bonds. The molecule has 0 aliphatic heterocycles. The number of nitrogens with zero attached hydrogens (tertiary/aromatic N) is 2. The highest BCUT2D eigenvalue weighted by molar-refractivity contribution is 5.67. The van der Waals surface area contributed by atoms with Crippen LogP contribution in [0.4, 0.5) is 4.79 Å². The molecular formula is C19H24N4O2. The van der Waals surface area contributed by atoms with Crippen LogP contribution in [-0.4, -0.2) is 35.3 Å². The van der Waals surface area contributed by atoms with Gasteiger partial charge < -0.3 is 15.4 Å². The third-order valence-corrected chi connectivity index (χ3v) is 4.19. The van der Waals surface area contributed by atoms with Gasteiger partial charge in [0.15, 0.2) is 5.82 Å². The van der Waals surface area contributed by atoms with Crippen molar-refractivity contribution in [1.29, 1.82) is 0 Å². The first-order valence-corrected chi connectivity index (χ1v) is 8.77. The van der Waals surface area contributed by atoms with Crippen molar-refractivity contribution < 1.29 is 9.53 Å². The Morgan fingerprint density at radius 1 is 1.28 bits per heavy atom. The number of carbonyl (C=O) groups excluding carboxylic acids is 1. The van der Waals surface area contributed by atoms with Gasteiger partial charge in [0, 0.05) is 30.9 Å². The molecule has 1 aliphatic rings. The predicted molar refractivity (Wildman–Crippen MR) is 95.8 cm³/mol. The van der Waals surface area contributed by atoms with Crippen molar-refractivity contribution in [2.45, 2.75) is 32.4 Å². The number of benzene rings is 1. The summed E-state index contributed by atoms with van der Waals surface area (Å²) >= 11 is 0. The molecule has 2 aromatic rings. The Labute approximate surface area is 148 Å². The topological polar surface area (TPSA) is 76.1 Å². The van der Waals surface area contributed by atoms with E-state index in [9.17, 15) is 4.79 Å². The van der Waals surface area contributed by atoms with Crippen LogP contribution in [0, 0.1) is 5.92 Å². The molecule has 0 radical (unpaired) electrons. The summed E-state index contributed by atoms with van der Waals surface area (Å²) in [6.07, 6.45) is 3.76. The number of carbonyl (C=O) groups is 1. The molecule has 0 saturated heterocycles. The van der Waals surface area contributed by atoms with Gasteiger partial charge in [-0.15, -0.1) is 0 Å². The van der Waals surface area contributed by atoms with Gasteiger partial charge in [-0.2, -0.15) is 0 Å². The van der Waals surface area contributed by atoms with Gasteiger partial charge in [0.05, 0.1) is 12.3 Å². The summed E-state index contributed by atoms with van der Waals surface area (Å²) < 4.78 is 4.98. The zero-order chi connectivity index (χ0) is 17.5. The van der Waals surface area contributed by atoms with Crippen LogP contribution in [-0.2, 0) is 11.3 Å². The van der Waals surface area contributed by atoms with Gasteiger partial charge in [0.2, 0.25) is 0 Å². The molecule has 6 heteroatoms. The second-order valence-corrected chi connectivity index (χ2v) is 6.18. The van der Waals surface area contributed by atoms with E-state index in [-0.39, 0.29) is 12.1 Å². The van der Waals surface area contributed by atoms with E-state index in [0.29, 0.717) is 25.6 Å². The summed E-state index contributed by atoms with van der Waals surface area (Å²) in [6, 6.07) is 11.9. The fraction of sp³-hybridized carbons (Fsp3) is 0.421. The Hall–Kier alpha value is -2.47. The Morgan fingerprint density at radius 3 is 2.80 bits per heavy atom. The molecule has 1 aromatic heterocycles. The molecule has 1 saturated carbocycles. The van der Waals surface area contributed by atoms with Crippen LogP contribution >= 0.6 is 0 Å². The maximum Gasteiger partial charge on any atom is 0.407 e. The molecule has 0 spiro atoms. The molecule has 2 N–H and O–H groups in total. The number of nitrogens with one attached hydrogen (secondary N) is 2. The predicted octanol–water partition coefficient (Wildman–Crippen LogP) is 2.76. The number of rotatable bonds is 8. The summed E-state index contributed by atoms with van der Waals surface area (Å²) in [5.41, 5.74) is 1.93. The van der Waals surface area contributed by atoms with Crippen LogP contribution < -0.4 is 10.6 Å². The summed E-state index contributed by atoms with van der Waals surface area (Å²) in [5, 5.41) is 6.34. The van der Waals surface area contributed by atoms with Crippen molar-refractivity contribution in [1.82, 2.24) is 20.6 Å². The van der Waals surface area contributed by atoms with Gasteiger partial charge >= 0.3 is 6.09 Å². The van der Waals surface area contributed by atoms with Crippen molar-refractivity contribution in [3.05, 3.63) is 48.3 Å². The minimum Gasteiger partial charge on any atom is -0.450 e. The molecule has 0 unspecified atom stereocenters. The molecule has 1 heterocycles. The first-order chi connectivity index (χ1) is 12.3. The van der Waals surface area contributed by atoms with E-state index in [1.165, 1.54) is 0 Å². The smallest absolute Gasteiger partial charge is 0.407 e. The minimum absolute atomic E-state index is 0.106. The van der Waals surface area contributed by atoms with Crippen molar-refractivity contribution in [2.75, 3.05) is 13.2 Å². The fourth-order valence-corrected chi connectivity index (χ4v) is 2.73. The summed E-state index contributed by atoms with van der Waals surface area (Å²) in [7, 11) is 0. The second-order valence-electron chi connectivity index (χ2n) is 6.18. The quantitative estimate of drug-likeness (QED) is 0.773. The van der Waals surface area contributed by atoms with E-state index < -0.39 is 0 Å². The Balaban J connectivity index is 1.53. The van der Waals surface area contributed by atoms with Gasteiger partial charge in [-0.1, -0.05) is 30.3 Å². The second kappa shape index (κ2) is 8.58. The molecule has 3 rings (SSSR count). The van der Waals surface area contributed by atoms with Crippen LogP contribution in [0.3, 0.4) is 0 Å². The lowest BCUT2D eigenvalue weighted by atomic mass is 10.2. The third kappa shape index (κ3) is 5.26. The Kier molecular flexibility index (Phi) is 5.95. The third-order valence-electron chi connectivity index (χ3n) is 4.19. The molecule has 0 bridgehead atoms. The summed E-state index contributed by atoms with van der Waals surface area (Å²) in [4.78, 5) is 20.6. The van der Waals surface area contributed by atoms with Gasteiger partial charge in [-0.3, -0.25) is 0 Å². The number of alkyl carbamates (subject to hydrolysis) is 1. The number of amides is 1. The molecule has 25 heavy (non-hydrogen) atoms. The molecule has 132 valence electrons. The van der Waals surface area contributed by atoms with Crippen LogP contribution in [0.15, 0.2) is 42.6 Å². The average Bonchev–Trinajstić information content (AvgIpc) is 3.47. The zero-order valence-electron chi connectivity index (χ0n) is 14.4. The standard InChI is InChI=1S/C19H24N4O2/c1-2-25-19(24)23-17(14-8-9-14)13-20-12-16-10-11-21-18(22-16)15-6-4-3-5-7-15/h3-7,10-11,14,17,20H,2,8-9,12-13H2,1H3,(H,23,24)/t17-/m1/s1. The number of ether oxygens (including phenoxy) is 1.